The van der Waals surface area contributed by atoms with E-state index in [1.54, 1.807) is 35.9 Å². The number of aromatic nitrogens is 2. The average molecular weight is 322 g/mol. The van der Waals surface area contributed by atoms with Crippen LogP contribution in [-0.4, -0.2) is 45.9 Å². The van der Waals surface area contributed by atoms with Crippen LogP contribution in [0.5, 0.6) is 11.5 Å². The van der Waals surface area contributed by atoms with E-state index < -0.39 is 13.6 Å². The molecule has 0 amide bonds. The van der Waals surface area contributed by atoms with Gasteiger partial charge >= 0.3 is 5.97 Å². The lowest BCUT2D eigenvalue weighted by atomic mass is 10.1. The summed E-state index contributed by atoms with van der Waals surface area (Å²) < 4.78 is 16.7. The summed E-state index contributed by atoms with van der Waals surface area (Å²) in [5.74, 6) is 0.198. The van der Waals surface area contributed by atoms with Crippen LogP contribution in [-0.2, 0) is 16.1 Å². The fourth-order valence-corrected chi connectivity index (χ4v) is 2.07. The standard InChI is InChI=1S/C15H18N2O6/c1-2-21-15(20)7-17-8-16-6-12(17)11-3-4-13(22-9-18)14(5-11)23-10-19/h3-6,8,18-19H,2,7,9-10H2,1H3. The van der Waals surface area contributed by atoms with Gasteiger partial charge in [-0.15, -0.1) is 0 Å². The van der Waals surface area contributed by atoms with Crippen LogP contribution in [0.1, 0.15) is 6.92 Å². The summed E-state index contributed by atoms with van der Waals surface area (Å²) in [5.41, 5.74) is 1.39. The molecule has 0 radical (unpaired) electrons. The Morgan fingerprint density at radius 3 is 2.65 bits per heavy atom. The molecule has 0 aliphatic carbocycles. The quantitative estimate of drug-likeness (QED) is 0.546. The fraction of sp³-hybridized carbons (Fsp3) is 0.333. The molecule has 2 rings (SSSR count). The summed E-state index contributed by atoms with van der Waals surface area (Å²) in [7, 11) is 0. The molecular weight excluding hydrogens is 304 g/mol. The van der Waals surface area contributed by atoms with Gasteiger partial charge in [-0.1, -0.05) is 0 Å². The molecule has 124 valence electrons. The molecule has 1 heterocycles. The molecule has 1 aromatic carbocycles. The summed E-state index contributed by atoms with van der Waals surface area (Å²) in [6, 6.07) is 4.95. The van der Waals surface area contributed by atoms with Crippen LogP contribution >= 0.6 is 0 Å². The zero-order chi connectivity index (χ0) is 16.7. The summed E-state index contributed by atoms with van der Waals surface area (Å²) in [5, 5.41) is 17.8. The Kier molecular flexibility index (Phi) is 5.95. The highest BCUT2D eigenvalue weighted by Crippen LogP contribution is 2.32. The maximum Gasteiger partial charge on any atom is 0.325 e. The third-order valence-electron chi connectivity index (χ3n) is 3.00. The Bertz CT molecular complexity index is 655. The highest BCUT2D eigenvalue weighted by Gasteiger charge is 2.13. The number of carbonyl (C=O) groups is 1. The van der Waals surface area contributed by atoms with Gasteiger partial charge in [0.1, 0.15) is 6.54 Å². The fourth-order valence-electron chi connectivity index (χ4n) is 2.07. The number of aliphatic hydroxyl groups excluding tert-OH is 2. The molecule has 8 heteroatoms. The van der Waals surface area contributed by atoms with Gasteiger partial charge in [0.15, 0.2) is 25.1 Å². The lowest BCUT2D eigenvalue weighted by Gasteiger charge is -2.12. The second-order valence-electron chi connectivity index (χ2n) is 4.42. The summed E-state index contributed by atoms with van der Waals surface area (Å²) in [4.78, 5) is 15.7. The predicted molar refractivity (Wildman–Crippen MR) is 79.7 cm³/mol. The molecule has 0 atom stereocenters. The van der Waals surface area contributed by atoms with Gasteiger partial charge in [-0.25, -0.2) is 4.98 Å². The summed E-state index contributed by atoms with van der Waals surface area (Å²) >= 11 is 0. The minimum Gasteiger partial charge on any atom is -0.465 e. The Morgan fingerprint density at radius 1 is 1.22 bits per heavy atom. The van der Waals surface area contributed by atoms with E-state index in [0.717, 1.165) is 0 Å². The summed E-state index contributed by atoms with van der Waals surface area (Å²) in [6.45, 7) is 1.04. The minimum atomic E-state index is -0.534. The zero-order valence-corrected chi connectivity index (χ0v) is 12.6. The van der Waals surface area contributed by atoms with Crippen molar-refractivity contribution in [3.05, 3.63) is 30.7 Å². The van der Waals surface area contributed by atoms with Crippen molar-refractivity contribution in [3.8, 4) is 22.8 Å². The topological polar surface area (TPSA) is 103 Å². The highest BCUT2D eigenvalue weighted by molar-refractivity contribution is 5.71. The van der Waals surface area contributed by atoms with Crippen LogP contribution in [0, 0.1) is 0 Å². The molecule has 0 aliphatic rings. The molecule has 1 aromatic heterocycles. The number of hydrogen-bond donors (Lipinski definition) is 2. The third-order valence-corrected chi connectivity index (χ3v) is 3.00. The Labute approximate surface area is 132 Å². The first-order valence-electron chi connectivity index (χ1n) is 6.97. The number of aliphatic hydroxyl groups is 2. The van der Waals surface area contributed by atoms with Crippen molar-refractivity contribution in [1.82, 2.24) is 9.55 Å². The van der Waals surface area contributed by atoms with Gasteiger partial charge in [0.05, 0.1) is 24.8 Å². The number of hydrogen-bond acceptors (Lipinski definition) is 7. The molecule has 23 heavy (non-hydrogen) atoms. The van der Waals surface area contributed by atoms with Crippen molar-refractivity contribution in [1.29, 1.82) is 0 Å². The smallest absolute Gasteiger partial charge is 0.325 e. The first-order chi connectivity index (χ1) is 11.2. The second kappa shape index (κ2) is 8.16. The molecule has 2 N–H and O–H groups in total. The van der Waals surface area contributed by atoms with E-state index in [0.29, 0.717) is 23.6 Å². The maximum absolute atomic E-state index is 11.6. The first-order valence-corrected chi connectivity index (χ1v) is 6.97. The van der Waals surface area contributed by atoms with Gasteiger partial charge in [0, 0.05) is 5.56 Å². The number of imidazole rings is 1. The molecule has 0 spiro atoms. The minimum absolute atomic E-state index is 0.0360. The largest absolute Gasteiger partial charge is 0.465 e. The van der Waals surface area contributed by atoms with Gasteiger partial charge in [-0.3, -0.25) is 4.79 Å². The Balaban J connectivity index is 2.30. The van der Waals surface area contributed by atoms with E-state index in [1.165, 1.54) is 6.33 Å². The van der Waals surface area contributed by atoms with E-state index >= 15 is 0 Å². The number of nitrogens with zero attached hydrogens (tertiary/aromatic N) is 2. The molecular formula is C15H18N2O6. The van der Waals surface area contributed by atoms with Crippen LogP contribution in [0.4, 0.5) is 0 Å². The van der Waals surface area contributed by atoms with Crippen LogP contribution in [0.25, 0.3) is 11.3 Å². The van der Waals surface area contributed by atoms with Gasteiger partial charge in [0.25, 0.3) is 0 Å². The molecule has 0 aliphatic heterocycles. The SMILES string of the molecule is CCOC(=O)Cn1cncc1-c1ccc(OCO)c(OCO)c1. The molecule has 2 aromatic rings. The molecule has 8 nitrogen and oxygen atoms in total. The van der Waals surface area contributed by atoms with Crippen molar-refractivity contribution in [2.75, 3.05) is 20.2 Å². The number of ether oxygens (including phenoxy) is 3. The Hall–Kier alpha value is -2.58. The third kappa shape index (κ3) is 4.21. The average Bonchev–Trinajstić information content (AvgIpc) is 2.98. The van der Waals surface area contributed by atoms with Crippen molar-refractivity contribution < 1.29 is 29.2 Å². The molecule has 0 fully saturated rings. The maximum atomic E-state index is 11.6. The van der Waals surface area contributed by atoms with E-state index in [-0.39, 0.29) is 18.3 Å². The second-order valence-corrected chi connectivity index (χ2v) is 4.42. The van der Waals surface area contributed by atoms with E-state index in [1.807, 2.05) is 0 Å². The molecule has 0 bridgehead atoms. The molecule has 0 saturated carbocycles. The van der Waals surface area contributed by atoms with Gasteiger partial charge in [0.2, 0.25) is 0 Å². The van der Waals surface area contributed by atoms with Crippen LogP contribution in [0.2, 0.25) is 0 Å². The van der Waals surface area contributed by atoms with Crippen LogP contribution in [0.3, 0.4) is 0 Å². The lowest BCUT2D eigenvalue weighted by Crippen LogP contribution is -2.13. The number of carbonyl (C=O) groups excluding carboxylic acids is 1. The first kappa shape index (κ1) is 16.8. The van der Waals surface area contributed by atoms with Gasteiger partial charge in [-0.2, -0.15) is 0 Å². The van der Waals surface area contributed by atoms with Crippen molar-refractivity contribution in [2.45, 2.75) is 13.5 Å². The number of esters is 1. The number of rotatable bonds is 8. The summed E-state index contributed by atoms with van der Waals surface area (Å²) in [6.07, 6.45) is 3.13. The van der Waals surface area contributed by atoms with E-state index in [9.17, 15) is 4.79 Å². The normalized spacial score (nSPS) is 10.4. The number of benzene rings is 1. The highest BCUT2D eigenvalue weighted by atomic mass is 16.6. The molecule has 0 unspecified atom stereocenters. The Morgan fingerprint density at radius 2 is 1.96 bits per heavy atom. The lowest BCUT2D eigenvalue weighted by molar-refractivity contribution is -0.143. The van der Waals surface area contributed by atoms with Crippen LogP contribution in [0.15, 0.2) is 30.7 Å². The van der Waals surface area contributed by atoms with E-state index in [4.69, 9.17) is 24.4 Å². The zero-order valence-electron chi connectivity index (χ0n) is 12.6. The van der Waals surface area contributed by atoms with E-state index in [2.05, 4.69) is 4.98 Å². The van der Waals surface area contributed by atoms with Crippen molar-refractivity contribution in [3.63, 3.8) is 0 Å². The van der Waals surface area contributed by atoms with Crippen molar-refractivity contribution >= 4 is 5.97 Å². The monoisotopic (exact) mass is 322 g/mol. The van der Waals surface area contributed by atoms with Crippen molar-refractivity contribution in [2.24, 2.45) is 0 Å². The van der Waals surface area contributed by atoms with Crippen LogP contribution < -0.4 is 9.47 Å². The van der Waals surface area contributed by atoms with Gasteiger partial charge < -0.3 is 29.0 Å². The predicted octanol–water partition coefficient (Wildman–Crippen LogP) is 0.770. The van der Waals surface area contributed by atoms with Gasteiger partial charge in [-0.05, 0) is 25.1 Å². The molecule has 0 saturated heterocycles.